The Morgan fingerprint density at radius 2 is 1.96 bits per heavy atom. The highest BCUT2D eigenvalue weighted by molar-refractivity contribution is 7.09. The van der Waals surface area contributed by atoms with Crippen molar-refractivity contribution in [3.05, 3.63) is 76.0 Å². The van der Waals surface area contributed by atoms with Crippen LogP contribution in [0, 0.1) is 12.7 Å². The summed E-state index contributed by atoms with van der Waals surface area (Å²) >= 11 is 1.55. The number of para-hydroxylation sites is 1. The molecule has 4 nitrogen and oxygen atoms in total. The number of hydrogen-bond donors (Lipinski definition) is 2. The van der Waals surface area contributed by atoms with Gasteiger partial charge in [-0.2, -0.15) is 0 Å². The highest BCUT2D eigenvalue weighted by Crippen LogP contribution is 2.31. The number of H-pyrrole nitrogens is 1. The molecule has 2 aromatic carbocycles. The molecule has 1 amide bonds. The first kappa shape index (κ1) is 18.4. The number of rotatable bonds is 6. The van der Waals surface area contributed by atoms with Crippen LogP contribution in [0.15, 0.2) is 54.0 Å². The number of amides is 1. The summed E-state index contributed by atoms with van der Waals surface area (Å²) in [7, 11) is 0. The second kappa shape index (κ2) is 7.94. The number of thiazole rings is 1. The van der Waals surface area contributed by atoms with E-state index in [1.165, 1.54) is 12.1 Å². The monoisotopic (exact) mass is 393 g/mol. The fraction of sp³-hybridized carbons (Fsp3) is 0.182. The number of carbonyl (C=O) groups excluding carboxylic acids is 1. The number of carbonyl (C=O) groups is 1. The van der Waals surface area contributed by atoms with Gasteiger partial charge in [-0.25, -0.2) is 9.37 Å². The van der Waals surface area contributed by atoms with Crippen molar-refractivity contribution < 1.29 is 9.18 Å². The van der Waals surface area contributed by atoms with Gasteiger partial charge in [0.05, 0.1) is 17.7 Å². The Bertz CT molecular complexity index is 1110. The third-order valence-electron chi connectivity index (χ3n) is 4.84. The van der Waals surface area contributed by atoms with E-state index < -0.39 is 0 Å². The molecule has 0 unspecified atom stereocenters. The van der Waals surface area contributed by atoms with E-state index in [1.54, 1.807) is 29.0 Å². The molecule has 0 spiro atoms. The fourth-order valence-electron chi connectivity index (χ4n) is 3.32. The summed E-state index contributed by atoms with van der Waals surface area (Å²) in [5.41, 5.74) is 6.68. The van der Waals surface area contributed by atoms with E-state index in [0.29, 0.717) is 19.4 Å². The Labute approximate surface area is 166 Å². The van der Waals surface area contributed by atoms with Gasteiger partial charge in [0.15, 0.2) is 0 Å². The van der Waals surface area contributed by atoms with Crippen molar-refractivity contribution in [2.45, 2.75) is 26.3 Å². The minimum absolute atomic E-state index is 0.00290. The molecule has 0 bridgehead atoms. The first-order chi connectivity index (χ1) is 13.6. The van der Waals surface area contributed by atoms with Crippen LogP contribution >= 0.6 is 11.3 Å². The van der Waals surface area contributed by atoms with E-state index in [1.807, 2.05) is 31.2 Å². The van der Waals surface area contributed by atoms with Crippen molar-refractivity contribution in [3.63, 3.8) is 0 Å². The van der Waals surface area contributed by atoms with E-state index in [0.717, 1.165) is 38.3 Å². The molecule has 0 atom stereocenters. The third-order valence-corrected chi connectivity index (χ3v) is 5.77. The van der Waals surface area contributed by atoms with Crippen LogP contribution in [0.2, 0.25) is 0 Å². The average Bonchev–Trinajstić information content (AvgIpc) is 3.28. The van der Waals surface area contributed by atoms with Gasteiger partial charge in [-0.05, 0) is 54.8 Å². The second-order valence-corrected chi connectivity index (χ2v) is 7.61. The van der Waals surface area contributed by atoms with Gasteiger partial charge in [0, 0.05) is 27.9 Å². The van der Waals surface area contributed by atoms with Gasteiger partial charge in [0.1, 0.15) is 5.82 Å². The zero-order valence-corrected chi connectivity index (χ0v) is 16.3. The van der Waals surface area contributed by atoms with Crippen molar-refractivity contribution in [1.29, 1.82) is 0 Å². The lowest BCUT2D eigenvalue weighted by Gasteiger charge is -2.07. The van der Waals surface area contributed by atoms with Crippen molar-refractivity contribution in [2.75, 3.05) is 0 Å². The molecule has 4 aromatic rings. The highest BCUT2D eigenvalue weighted by Gasteiger charge is 2.15. The maximum Gasteiger partial charge on any atom is 0.220 e. The zero-order chi connectivity index (χ0) is 19.5. The molecule has 0 saturated heterocycles. The molecule has 6 heteroatoms. The number of fused-ring (bicyclic) bond motifs is 1. The van der Waals surface area contributed by atoms with Gasteiger partial charge in [-0.3, -0.25) is 4.79 Å². The summed E-state index contributed by atoms with van der Waals surface area (Å²) in [6.07, 6.45) is 0.984. The lowest BCUT2D eigenvalue weighted by molar-refractivity contribution is -0.121. The molecule has 0 fully saturated rings. The maximum atomic E-state index is 13.3. The van der Waals surface area contributed by atoms with E-state index >= 15 is 0 Å². The van der Waals surface area contributed by atoms with E-state index in [2.05, 4.69) is 15.3 Å². The summed E-state index contributed by atoms with van der Waals surface area (Å²) in [5.74, 6) is -0.262. The van der Waals surface area contributed by atoms with Crippen LogP contribution < -0.4 is 5.32 Å². The molecule has 142 valence electrons. The Kier molecular flexibility index (Phi) is 5.21. The summed E-state index contributed by atoms with van der Waals surface area (Å²) in [4.78, 5) is 21.1. The van der Waals surface area contributed by atoms with Crippen LogP contribution in [0.4, 0.5) is 4.39 Å². The standard InChI is InChI=1S/C22H20FN3OS/c1-14-20(28-13-25-14)12-24-21(27)11-10-18-17-4-2-3-5-19(17)26-22(18)15-6-8-16(23)9-7-15/h2-9,13,26H,10-12H2,1H3,(H,24,27). The Morgan fingerprint density at radius 3 is 2.71 bits per heavy atom. The van der Waals surface area contributed by atoms with E-state index in [9.17, 15) is 9.18 Å². The van der Waals surface area contributed by atoms with Crippen LogP contribution in [0.25, 0.3) is 22.2 Å². The Morgan fingerprint density at radius 1 is 1.18 bits per heavy atom. The summed E-state index contributed by atoms with van der Waals surface area (Å²) in [6.45, 7) is 2.45. The Hall–Kier alpha value is -2.99. The van der Waals surface area contributed by atoms with Gasteiger partial charge < -0.3 is 10.3 Å². The smallest absolute Gasteiger partial charge is 0.220 e. The van der Waals surface area contributed by atoms with Crippen LogP contribution in [-0.4, -0.2) is 15.9 Å². The van der Waals surface area contributed by atoms with Gasteiger partial charge in [0.2, 0.25) is 5.91 Å². The van der Waals surface area contributed by atoms with Crippen LogP contribution in [0.1, 0.15) is 22.6 Å². The number of aromatic nitrogens is 2. The molecular formula is C22H20FN3OS. The molecule has 0 radical (unpaired) electrons. The topological polar surface area (TPSA) is 57.8 Å². The van der Waals surface area contributed by atoms with Gasteiger partial charge >= 0.3 is 0 Å². The molecule has 4 rings (SSSR count). The average molecular weight is 393 g/mol. The largest absolute Gasteiger partial charge is 0.354 e. The molecule has 0 aliphatic carbocycles. The lowest BCUT2D eigenvalue weighted by atomic mass is 10.0. The number of halogens is 1. The van der Waals surface area contributed by atoms with Gasteiger partial charge in [0.25, 0.3) is 0 Å². The summed E-state index contributed by atoms with van der Waals surface area (Å²) < 4.78 is 13.3. The van der Waals surface area contributed by atoms with Gasteiger partial charge in [-0.1, -0.05) is 18.2 Å². The normalized spacial score (nSPS) is 11.1. The number of nitrogens with one attached hydrogen (secondary N) is 2. The zero-order valence-electron chi connectivity index (χ0n) is 15.5. The third kappa shape index (κ3) is 3.82. The predicted molar refractivity (Wildman–Crippen MR) is 111 cm³/mol. The number of aromatic amines is 1. The van der Waals surface area contributed by atoms with Crippen molar-refractivity contribution in [2.24, 2.45) is 0 Å². The number of nitrogens with zero attached hydrogens (tertiary/aromatic N) is 1. The minimum atomic E-state index is -0.265. The maximum absolute atomic E-state index is 13.3. The second-order valence-electron chi connectivity index (χ2n) is 6.67. The van der Waals surface area contributed by atoms with Crippen LogP contribution in [-0.2, 0) is 17.8 Å². The molecule has 0 saturated carbocycles. The van der Waals surface area contributed by atoms with Crippen molar-refractivity contribution >= 4 is 28.1 Å². The van der Waals surface area contributed by atoms with E-state index in [4.69, 9.17) is 0 Å². The summed E-state index contributed by atoms with van der Waals surface area (Å²) in [5, 5.41) is 4.07. The number of hydrogen-bond acceptors (Lipinski definition) is 3. The summed E-state index contributed by atoms with van der Waals surface area (Å²) in [6, 6.07) is 14.4. The molecule has 2 N–H and O–H groups in total. The molecular weight excluding hydrogens is 373 g/mol. The molecule has 2 aromatic heterocycles. The first-order valence-electron chi connectivity index (χ1n) is 9.13. The minimum Gasteiger partial charge on any atom is -0.354 e. The van der Waals surface area contributed by atoms with Crippen molar-refractivity contribution in [3.8, 4) is 11.3 Å². The van der Waals surface area contributed by atoms with Crippen LogP contribution in [0.5, 0.6) is 0 Å². The van der Waals surface area contributed by atoms with Crippen LogP contribution in [0.3, 0.4) is 0 Å². The lowest BCUT2D eigenvalue weighted by Crippen LogP contribution is -2.22. The van der Waals surface area contributed by atoms with E-state index in [-0.39, 0.29) is 11.7 Å². The Balaban J connectivity index is 1.54. The molecule has 28 heavy (non-hydrogen) atoms. The first-order valence-corrected chi connectivity index (χ1v) is 10.0. The predicted octanol–water partition coefficient (Wildman–Crippen LogP) is 4.99. The highest BCUT2D eigenvalue weighted by atomic mass is 32.1. The number of benzene rings is 2. The molecule has 0 aliphatic heterocycles. The fourth-order valence-corrected chi connectivity index (χ4v) is 4.04. The SMILES string of the molecule is Cc1ncsc1CNC(=O)CCc1c(-c2ccc(F)cc2)[nH]c2ccccc12. The quantitative estimate of drug-likeness (QED) is 0.485. The molecule has 0 aliphatic rings. The van der Waals surface area contributed by atoms with Gasteiger partial charge in [-0.15, -0.1) is 11.3 Å². The number of aryl methyl sites for hydroxylation is 2. The molecule has 2 heterocycles. The van der Waals surface area contributed by atoms with Crippen molar-refractivity contribution in [1.82, 2.24) is 15.3 Å².